The second kappa shape index (κ2) is 4.06. The van der Waals surface area contributed by atoms with E-state index < -0.39 is 0 Å². The van der Waals surface area contributed by atoms with Crippen molar-refractivity contribution in [3.63, 3.8) is 0 Å². The van der Waals surface area contributed by atoms with Crippen LogP contribution in [0.15, 0.2) is 24.4 Å². The van der Waals surface area contributed by atoms with Crippen molar-refractivity contribution < 1.29 is 0 Å². The lowest BCUT2D eigenvalue weighted by Gasteiger charge is -2.39. The minimum absolute atomic E-state index is 0.465. The minimum atomic E-state index is 0.465. The lowest BCUT2D eigenvalue weighted by molar-refractivity contribution is 0.120. The van der Waals surface area contributed by atoms with Gasteiger partial charge in [-0.15, -0.1) is 0 Å². The van der Waals surface area contributed by atoms with Crippen LogP contribution in [-0.2, 0) is 6.54 Å². The van der Waals surface area contributed by atoms with E-state index in [1.807, 2.05) is 12.3 Å². The molecule has 18 heavy (non-hydrogen) atoms. The molecular weight excluding hydrogens is 220 g/mol. The smallest absolute Gasteiger partial charge is 0.0541 e. The van der Waals surface area contributed by atoms with Crippen molar-refractivity contribution in [3.8, 4) is 0 Å². The Kier molecular flexibility index (Phi) is 2.74. The first kappa shape index (κ1) is 12.2. The standard InChI is InChI=1S/C16H24N2/c1-15(2)12-7-8-16(15,3)14(10-12)18-11-13-6-4-5-9-17-13/h4-6,9,12,14,18H,7-8,10-11H2,1-3H3/t12?,14?,16-/m0/s1. The summed E-state index contributed by atoms with van der Waals surface area (Å²) in [5.41, 5.74) is 2.11. The molecule has 2 aliphatic rings. The number of nitrogens with zero attached hydrogens (tertiary/aromatic N) is 1. The third-order valence-electron chi connectivity index (χ3n) is 6.05. The van der Waals surface area contributed by atoms with Crippen molar-refractivity contribution in [3.05, 3.63) is 30.1 Å². The zero-order chi connectivity index (χ0) is 12.8. The molecule has 2 saturated carbocycles. The van der Waals surface area contributed by atoms with E-state index in [9.17, 15) is 0 Å². The van der Waals surface area contributed by atoms with Gasteiger partial charge in [0.15, 0.2) is 0 Å². The van der Waals surface area contributed by atoms with Crippen molar-refractivity contribution in [2.24, 2.45) is 16.7 Å². The molecule has 0 radical (unpaired) electrons. The average molecular weight is 244 g/mol. The molecule has 0 spiro atoms. The summed E-state index contributed by atoms with van der Waals surface area (Å²) in [6.07, 6.45) is 6.02. The van der Waals surface area contributed by atoms with Gasteiger partial charge in [-0.2, -0.15) is 0 Å². The second-order valence-corrected chi connectivity index (χ2v) is 6.87. The molecule has 2 fully saturated rings. The Morgan fingerprint density at radius 1 is 1.33 bits per heavy atom. The molecule has 0 amide bonds. The number of pyridine rings is 1. The molecule has 98 valence electrons. The van der Waals surface area contributed by atoms with Crippen LogP contribution in [0.25, 0.3) is 0 Å². The van der Waals surface area contributed by atoms with Crippen LogP contribution < -0.4 is 5.32 Å². The fourth-order valence-electron chi connectivity index (χ4n) is 4.24. The van der Waals surface area contributed by atoms with Crippen LogP contribution >= 0.6 is 0 Å². The Labute approximate surface area is 110 Å². The maximum atomic E-state index is 4.40. The Balaban J connectivity index is 1.69. The van der Waals surface area contributed by atoms with Gasteiger partial charge >= 0.3 is 0 Å². The van der Waals surface area contributed by atoms with Crippen LogP contribution in [0.5, 0.6) is 0 Å². The van der Waals surface area contributed by atoms with Gasteiger partial charge in [-0.25, -0.2) is 0 Å². The summed E-state index contributed by atoms with van der Waals surface area (Å²) in [5.74, 6) is 0.906. The highest BCUT2D eigenvalue weighted by Gasteiger charge is 2.60. The molecule has 0 aliphatic heterocycles. The van der Waals surface area contributed by atoms with Crippen molar-refractivity contribution >= 4 is 0 Å². The fourth-order valence-corrected chi connectivity index (χ4v) is 4.24. The number of fused-ring (bicyclic) bond motifs is 2. The molecule has 2 nitrogen and oxygen atoms in total. The first-order valence-corrected chi connectivity index (χ1v) is 7.17. The van der Waals surface area contributed by atoms with Crippen molar-refractivity contribution in [2.75, 3.05) is 0 Å². The van der Waals surface area contributed by atoms with Gasteiger partial charge in [0.1, 0.15) is 0 Å². The van der Waals surface area contributed by atoms with Crippen molar-refractivity contribution in [1.29, 1.82) is 0 Å². The molecule has 0 aromatic carbocycles. The number of hydrogen-bond donors (Lipinski definition) is 1. The van der Waals surface area contributed by atoms with Gasteiger partial charge in [0, 0.05) is 18.8 Å². The Hall–Kier alpha value is -0.890. The first-order valence-electron chi connectivity index (χ1n) is 7.17. The lowest BCUT2D eigenvalue weighted by Crippen LogP contribution is -2.44. The summed E-state index contributed by atoms with van der Waals surface area (Å²) < 4.78 is 0. The molecule has 2 aliphatic carbocycles. The quantitative estimate of drug-likeness (QED) is 0.881. The maximum Gasteiger partial charge on any atom is 0.0541 e. The molecule has 0 saturated heterocycles. The monoisotopic (exact) mass is 244 g/mol. The molecule has 3 atom stereocenters. The predicted molar refractivity (Wildman–Crippen MR) is 74.1 cm³/mol. The topological polar surface area (TPSA) is 24.9 Å². The van der Waals surface area contributed by atoms with E-state index in [4.69, 9.17) is 0 Å². The van der Waals surface area contributed by atoms with Gasteiger partial charge in [-0.05, 0) is 48.1 Å². The Bertz CT molecular complexity index is 426. The Morgan fingerprint density at radius 2 is 2.17 bits per heavy atom. The molecule has 1 aromatic rings. The highest BCUT2D eigenvalue weighted by molar-refractivity contribution is 5.13. The number of nitrogens with one attached hydrogen (secondary N) is 1. The maximum absolute atomic E-state index is 4.40. The van der Waals surface area contributed by atoms with Crippen molar-refractivity contribution in [1.82, 2.24) is 10.3 Å². The summed E-state index contributed by atoms with van der Waals surface area (Å²) in [5, 5.41) is 3.76. The van der Waals surface area contributed by atoms with E-state index in [0.29, 0.717) is 16.9 Å². The highest BCUT2D eigenvalue weighted by atomic mass is 15.0. The van der Waals surface area contributed by atoms with Gasteiger partial charge in [0.25, 0.3) is 0 Å². The Morgan fingerprint density at radius 3 is 2.72 bits per heavy atom. The predicted octanol–water partition coefficient (Wildman–Crippen LogP) is 3.39. The summed E-state index contributed by atoms with van der Waals surface area (Å²) in [4.78, 5) is 4.40. The zero-order valence-corrected chi connectivity index (χ0v) is 11.7. The molecule has 1 N–H and O–H groups in total. The van der Waals surface area contributed by atoms with Crippen LogP contribution in [0, 0.1) is 16.7 Å². The van der Waals surface area contributed by atoms with E-state index in [2.05, 4.69) is 43.2 Å². The summed E-state index contributed by atoms with van der Waals surface area (Å²) >= 11 is 0. The average Bonchev–Trinajstić information content (AvgIpc) is 2.70. The molecule has 2 heteroatoms. The summed E-state index contributed by atoms with van der Waals surface area (Å²) in [7, 11) is 0. The number of aromatic nitrogens is 1. The number of rotatable bonds is 3. The lowest BCUT2D eigenvalue weighted by atomic mass is 9.69. The van der Waals surface area contributed by atoms with Gasteiger partial charge in [-0.3, -0.25) is 4.98 Å². The van der Waals surface area contributed by atoms with Crippen LogP contribution in [0.1, 0.15) is 45.7 Å². The van der Waals surface area contributed by atoms with E-state index in [1.54, 1.807) is 0 Å². The van der Waals surface area contributed by atoms with Crippen LogP contribution in [0.3, 0.4) is 0 Å². The molecule has 1 heterocycles. The SMILES string of the molecule is CC1(C)C2CC[C@@]1(C)C(NCc1ccccn1)C2. The molecule has 2 bridgehead atoms. The summed E-state index contributed by atoms with van der Waals surface area (Å²) in [6, 6.07) is 6.81. The number of hydrogen-bond acceptors (Lipinski definition) is 2. The van der Waals surface area contributed by atoms with E-state index in [-0.39, 0.29) is 0 Å². The van der Waals surface area contributed by atoms with E-state index in [1.165, 1.54) is 19.3 Å². The minimum Gasteiger partial charge on any atom is -0.308 e. The van der Waals surface area contributed by atoms with Gasteiger partial charge in [-0.1, -0.05) is 26.8 Å². The van der Waals surface area contributed by atoms with Gasteiger partial charge in [0.05, 0.1) is 5.69 Å². The normalized spacial score (nSPS) is 37.1. The highest BCUT2D eigenvalue weighted by Crippen LogP contribution is 2.65. The third kappa shape index (κ3) is 1.62. The van der Waals surface area contributed by atoms with Gasteiger partial charge in [0.2, 0.25) is 0 Å². The molecular formula is C16H24N2. The molecule has 2 unspecified atom stereocenters. The van der Waals surface area contributed by atoms with Crippen LogP contribution in [0.4, 0.5) is 0 Å². The van der Waals surface area contributed by atoms with Crippen molar-refractivity contribution in [2.45, 2.75) is 52.6 Å². The second-order valence-electron chi connectivity index (χ2n) is 6.87. The zero-order valence-electron chi connectivity index (χ0n) is 11.7. The van der Waals surface area contributed by atoms with Gasteiger partial charge < -0.3 is 5.32 Å². The van der Waals surface area contributed by atoms with E-state index in [0.717, 1.165) is 18.2 Å². The molecule has 1 aromatic heterocycles. The first-order chi connectivity index (χ1) is 8.54. The summed E-state index contributed by atoms with van der Waals surface area (Å²) in [6.45, 7) is 8.32. The largest absolute Gasteiger partial charge is 0.308 e. The van der Waals surface area contributed by atoms with Crippen LogP contribution in [0.2, 0.25) is 0 Å². The van der Waals surface area contributed by atoms with E-state index >= 15 is 0 Å². The third-order valence-corrected chi connectivity index (χ3v) is 6.05. The van der Waals surface area contributed by atoms with Crippen LogP contribution in [-0.4, -0.2) is 11.0 Å². The fraction of sp³-hybridized carbons (Fsp3) is 0.688. The molecule has 3 rings (SSSR count).